The minimum Gasteiger partial charge on any atom is -0.309 e. The molecule has 0 saturated carbocycles. The molecule has 8 aromatic carbocycles. The molecule has 0 saturated heterocycles. The van der Waals surface area contributed by atoms with Crippen molar-refractivity contribution < 1.29 is 26.0 Å². The lowest BCUT2D eigenvalue weighted by Gasteiger charge is -2.11. The number of para-hydroxylation sites is 3. The molecule has 0 aliphatic heterocycles. The molecule has 56 heavy (non-hydrogen) atoms. The standard InChI is InChI=1S/C51H33N5/c1-4-14-34(15-5-1)35-24-26-37(27-25-35)50-52-49(36-16-6-2-7-17-36)53-51(54-50)56-46-23-13-11-21-42(46)44-33-39(29-31-48(44)56)38-28-30-47-43(32-38)41-20-10-12-22-45(41)55(47)40-18-8-3-9-19-40/h1-33H/i3D,8D,9D,10D,11D,12D,13D,18D,19D,20D,21D,22D,23D,28D,29D,30D,31D,32D,33D. The van der Waals surface area contributed by atoms with E-state index in [9.17, 15) is 11.0 Å². The summed E-state index contributed by atoms with van der Waals surface area (Å²) in [5, 5.41) is -1.59. The second kappa shape index (κ2) is 13.0. The summed E-state index contributed by atoms with van der Waals surface area (Å²) in [5.41, 5.74) is -0.708. The Morgan fingerprint density at radius 1 is 0.339 bits per heavy atom. The van der Waals surface area contributed by atoms with Crippen LogP contribution in [0.3, 0.4) is 0 Å². The van der Waals surface area contributed by atoms with Crippen LogP contribution >= 0.6 is 0 Å². The summed E-state index contributed by atoms with van der Waals surface area (Å²) in [5.74, 6) is -0.0269. The number of hydrogen-bond donors (Lipinski definition) is 0. The van der Waals surface area contributed by atoms with E-state index >= 15 is 0 Å². The Hall–Kier alpha value is -7.63. The van der Waals surface area contributed by atoms with Crippen molar-refractivity contribution in [1.29, 1.82) is 0 Å². The molecule has 0 spiro atoms. The highest BCUT2D eigenvalue weighted by molar-refractivity contribution is 6.12. The zero-order chi connectivity index (χ0) is 53.5. The fourth-order valence-corrected chi connectivity index (χ4v) is 6.81. The first-order valence-corrected chi connectivity index (χ1v) is 17.3. The topological polar surface area (TPSA) is 48.5 Å². The summed E-state index contributed by atoms with van der Waals surface area (Å²) in [4.78, 5) is 14.4. The zero-order valence-corrected chi connectivity index (χ0v) is 28.8. The van der Waals surface area contributed by atoms with Crippen LogP contribution in [0.1, 0.15) is 26.0 Å². The normalized spacial score (nSPS) is 16.3. The molecule has 3 aromatic heterocycles. The van der Waals surface area contributed by atoms with Crippen LogP contribution in [0.2, 0.25) is 0 Å². The fraction of sp³-hybridized carbons (Fsp3) is 0. The molecule has 0 radical (unpaired) electrons. The van der Waals surface area contributed by atoms with Crippen LogP contribution < -0.4 is 0 Å². The maximum Gasteiger partial charge on any atom is 0.238 e. The van der Waals surface area contributed by atoms with E-state index in [1.807, 2.05) is 42.5 Å². The van der Waals surface area contributed by atoms with Crippen LogP contribution in [0.5, 0.6) is 0 Å². The first kappa shape index (κ1) is 18.1. The van der Waals surface area contributed by atoms with Crippen LogP contribution in [-0.2, 0) is 0 Å². The van der Waals surface area contributed by atoms with E-state index in [4.69, 9.17) is 30.0 Å². The molecule has 0 unspecified atom stereocenters. The van der Waals surface area contributed by atoms with Crippen molar-refractivity contribution in [3.63, 3.8) is 0 Å². The highest BCUT2D eigenvalue weighted by Gasteiger charge is 2.19. The molecule has 5 nitrogen and oxygen atoms in total. The molecule has 262 valence electrons. The summed E-state index contributed by atoms with van der Waals surface area (Å²) in [6, 6.07) is 11.0. The molecule has 5 heteroatoms. The van der Waals surface area contributed by atoms with Gasteiger partial charge in [0.25, 0.3) is 0 Å². The quantitative estimate of drug-likeness (QED) is 0.171. The number of benzene rings is 8. The van der Waals surface area contributed by atoms with Crippen LogP contribution in [0.15, 0.2) is 200 Å². The van der Waals surface area contributed by atoms with E-state index in [-0.39, 0.29) is 39.4 Å². The van der Waals surface area contributed by atoms with Crippen molar-refractivity contribution in [2.45, 2.75) is 0 Å². The molecule has 0 atom stereocenters. The van der Waals surface area contributed by atoms with Gasteiger partial charge in [-0.15, -0.1) is 0 Å². The Balaban J connectivity index is 1.26. The molecule has 0 aliphatic carbocycles. The van der Waals surface area contributed by atoms with Gasteiger partial charge in [-0.1, -0.05) is 151 Å². The number of aromatic nitrogens is 5. The molecular weight excluding hydrogens is 683 g/mol. The third-order valence-corrected chi connectivity index (χ3v) is 9.38. The van der Waals surface area contributed by atoms with Gasteiger partial charge in [0.2, 0.25) is 5.95 Å². The van der Waals surface area contributed by atoms with Gasteiger partial charge in [-0.25, -0.2) is 4.98 Å². The molecule has 0 aliphatic rings. The Kier molecular flexibility index (Phi) is 4.22. The van der Waals surface area contributed by atoms with E-state index in [0.717, 1.165) is 20.3 Å². The molecule has 11 aromatic rings. The first-order chi connectivity index (χ1) is 35.7. The maximum atomic E-state index is 9.96. The van der Waals surface area contributed by atoms with Gasteiger partial charge in [0.1, 0.15) is 0 Å². The van der Waals surface area contributed by atoms with E-state index < -0.39 is 153 Å². The lowest BCUT2D eigenvalue weighted by atomic mass is 10.0. The van der Waals surface area contributed by atoms with Crippen molar-refractivity contribution in [3.05, 3.63) is 200 Å². The SMILES string of the molecule is [2H]c1c([2H])c([2H])c(-n2c3c([2H])c([2H])c([2H])c([2H])c3c3c([2H])c(-c4c([2H])c([2H])c5c(c4[2H])c4c([2H])c([2H])c([2H])c([2H])c4n5-c4nc(-c5ccccc5)nc(-c5ccc(-c6ccccc6)cc5)n4)c([2H])c([2H])c32)c([2H])c1[2H]. The van der Waals surface area contributed by atoms with Gasteiger partial charge in [0.05, 0.1) is 48.1 Å². The molecule has 0 amide bonds. The smallest absolute Gasteiger partial charge is 0.238 e. The van der Waals surface area contributed by atoms with Gasteiger partial charge in [-0.2, -0.15) is 9.97 Å². The van der Waals surface area contributed by atoms with Gasteiger partial charge in [0.15, 0.2) is 11.6 Å². The monoisotopic (exact) mass is 734 g/mol. The number of fused-ring (bicyclic) bond motifs is 6. The molecule has 0 bridgehead atoms. The largest absolute Gasteiger partial charge is 0.309 e. The second-order valence-corrected chi connectivity index (χ2v) is 12.6. The van der Waals surface area contributed by atoms with Crippen LogP contribution in [0.4, 0.5) is 0 Å². The summed E-state index contributed by atoms with van der Waals surface area (Å²) >= 11 is 0. The summed E-state index contributed by atoms with van der Waals surface area (Å²) in [6.45, 7) is 0. The Bertz CT molecular complexity index is 4300. The molecule has 0 fully saturated rings. The molecule has 11 rings (SSSR count). The third kappa shape index (κ3) is 5.29. The van der Waals surface area contributed by atoms with Crippen molar-refractivity contribution in [1.82, 2.24) is 24.1 Å². The molecular formula is C51H33N5. The van der Waals surface area contributed by atoms with Crippen molar-refractivity contribution in [3.8, 4) is 56.7 Å². The average Bonchev–Trinajstić information content (AvgIpc) is 4.04. The average molecular weight is 735 g/mol. The maximum absolute atomic E-state index is 9.96. The van der Waals surface area contributed by atoms with Crippen molar-refractivity contribution >= 4 is 43.6 Å². The second-order valence-electron chi connectivity index (χ2n) is 12.6. The Morgan fingerprint density at radius 3 is 1.39 bits per heavy atom. The van der Waals surface area contributed by atoms with E-state index in [0.29, 0.717) is 11.1 Å². The molecule has 0 N–H and O–H groups in total. The highest BCUT2D eigenvalue weighted by atomic mass is 15.2. The van der Waals surface area contributed by atoms with Gasteiger partial charge in [-0.3, -0.25) is 4.57 Å². The Morgan fingerprint density at radius 2 is 0.786 bits per heavy atom. The number of nitrogens with zero attached hydrogens (tertiary/aromatic N) is 5. The summed E-state index contributed by atoms with van der Waals surface area (Å²) in [6.07, 6.45) is 0. The Labute approximate surface area is 350 Å². The van der Waals surface area contributed by atoms with Crippen molar-refractivity contribution in [2.24, 2.45) is 0 Å². The van der Waals surface area contributed by atoms with Gasteiger partial charge >= 0.3 is 0 Å². The fourth-order valence-electron chi connectivity index (χ4n) is 6.81. The summed E-state index contributed by atoms with van der Waals surface area (Å²) in [7, 11) is 0. The van der Waals surface area contributed by atoms with Gasteiger partial charge < -0.3 is 4.57 Å². The predicted octanol–water partition coefficient (Wildman–Crippen LogP) is 12.7. The van der Waals surface area contributed by atoms with Gasteiger partial charge in [0, 0.05) is 38.4 Å². The van der Waals surface area contributed by atoms with Crippen LogP contribution in [0, 0.1) is 0 Å². The van der Waals surface area contributed by atoms with Crippen LogP contribution in [-0.4, -0.2) is 24.1 Å². The van der Waals surface area contributed by atoms with Crippen LogP contribution in [0.25, 0.3) is 100 Å². The minimum absolute atomic E-state index is 0.115. The van der Waals surface area contributed by atoms with Gasteiger partial charge in [-0.05, 0) is 70.6 Å². The minimum atomic E-state index is -0.890. The zero-order valence-electron chi connectivity index (χ0n) is 47.8. The number of hydrogen-bond acceptors (Lipinski definition) is 3. The lowest BCUT2D eigenvalue weighted by Crippen LogP contribution is -2.06. The number of rotatable bonds is 6. The van der Waals surface area contributed by atoms with E-state index in [1.54, 1.807) is 42.5 Å². The first-order valence-electron chi connectivity index (χ1n) is 26.8. The van der Waals surface area contributed by atoms with E-state index in [1.165, 1.54) is 0 Å². The summed E-state index contributed by atoms with van der Waals surface area (Å²) < 4.78 is 175. The molecule has 3 heterocycles. The highest BCUT2D eigenvalue weighted by Crippen LogP contribution is 2.38. The third-order valence-electron chi connectivity index (χ3n) is 9.38. The van der Waals surface area contributed by atoms with E-state index in [2.05, 4.69) is 0 Å². The predicted molar refractivity (Wildman–Crippen MR) is 230 cm³/mol. The van der Waals surface area contributed by atoms with Crippen molar-refractivity contribution in [2.75, 3.05) is 0 Å². The lowest BCUT2D eigenvalue weighted by molar-refractivity contribution is 0.953.